The minimum absolute atomic E-state index is 0.0526. The fraction of sp³-hybridized carbons (Fsp3) is 0.318. The minimum atomic E-state index is 0.0526. The molecule has 0 saturated heterocycles. The van der Waals surface area contributed by atoms with Gasteiger partial charge in [0.2, 0.25) is 5.91 Å². The van der Waals surface area contributed by atoms with E-state index in [0.717, 1.165) is 16.9 Å². The van der Waals surface area contributed by atoms with Gasteiger partial charge in [-0.15, -0.1) is 10.2 Å². The van der Waals surface area contributed by atoms with E-state index >= 15 is 0 Å². The van der Waals surface area contributed by atoms with Crippen LogP contribution in [-0.2, 0) is 18.4 Å². The molecule has 3 rings (SSSR count). The van der Waals surface area contributed by atoms with Crippen molar-refractivity contribution in [3.05, 3.63) is 59.2 Å². The van der Waals surface area contributed by atoms with Crippen molar-refractivity contribution in [1.82, 2.24) is 19.7 Å². The van der Waals surface area contributed by atoms with Crippen LogP contribution in [0.4, 0.5) is 0 Å². The van der Waals surface area contributed by atoms with Crippen molar-refractivity contribution in [2.24, 2.45) is 7.05 Å². The first-order valence-electron chi connectivity index (χ1n) is 9.36. The predicted molar refractivity (Wildman–Crippen MR) is 116 cm³/mol. The van der Waals surface area contributed by atoms with Gasteiger partial charge in [-0.2, -0.15) is 0 Å². The summed E-state index contributed by atoms with van der Waals surface area (Å²) in [7, 11) is 5.36. The molecule has 2 aromatic carbocycles. The maximum Gasteiger partial charge on any atom is 0.233 e. The highest BCUT2D eigenvalue weighted by Gasteiger charge is 2.17. The highest BCUT2D eigenvalue weighted by molar-refractivity contribution is 7.99. The minimum Gasteiger partial charge on any atom is -0.496 e. The van der Waals surface area contributed by atoms with Crippen LogP contribution in [0, 0.1) is 13.8 Å². The topological polar surface area (TPSA) is 60.3 Å². The first kappa shape index (κ1) is 20.9. The number of hydrogen-bond acceptors (Lipinski definition) is 5. The summed E-state index contributed by atoms with van der Waals surface area (Å²) < 4.78 is 7.31. The molecule has 0 atom stereocenters. The van der Waals surface area contributed by atoms with E-state index in [1.54, 1.807) is 12.0 Å². The van der Waals surface area contributed by atoms with E-state index in [9.17, 15) is 4.79 Å². The van der Waals surface area contributed by atoms with E-state index in [1.807, 2.05) is 42.9 Å². The molecule has 0 aliphatic carbocycles. The molecule has 1 aromatic heterocycles. The number of ether oxygens (including phenoxy) is 1. The number of aromatic nitrogens is 3. The average molecular weight is 411 g/mol. The summed E-state index contributed by atoms with van der Waals surface area (Å²) in [4.78, 5) is 14.4. The summed E-state index contributed by atoms with van der Waals surface area (Å²) in [6.07, 6.45) is 0. The zero-order chi connectivity index (χ0) is 21.0. The second kappa shape index (κ2) is 9.13. The molecule has 0 radical (unpaired) electrons. The van der Waals surface area contributed by atoms with Gasteiger partial charge in [0.05, 0.1) is 18.4 Å². The van der Waals surface area contributed by atoms with Crippen LogP contribution in [0.25, 0.3) is 11.4 Å². The smallest absolute Gasteiger partial charge is 0.233 e. The molecule has 29 heavy (non-hydrogen) atoms. The Labute approximate surface area is 175 Å². The Kier molecular flexibility index (Phi) is 6.59. The van der Waals surface area contributed by atoms with Crippen LogP contribution in [0.1, 0.15) is 16.7 Å². The number of nitrogens with zero attached hydrogens (tertiary/aromatic N) is 4. The molecule has 7 heteroatoms. The number of benzene rings is 2. The SMILES string of the molecule is COc1ccccc1-c1nnc(SCC(=O)N(C)Cc2ccc(C)cc2C)n1C. The van der Waals surface area contributed by atoms with E-state index in [-0.39, 0.29) is 5.91 Å². The van der Waals surface area contributed by atoms with Gasteiger partial charge < -0.3 is 14.2 Å². The van der Waals surface area contributed by atoms with Crippen LogP contribution in [0.5, 0.6) is 5.75 Å². The third-order valence-electron chi connectivity index (χ3n) is 4.84. The van der Waals surface area contributed by atoms with Gasteiger partial charge in [0.1, 0.15) is 5.75 Å². The van der Waals surface area contributed by atoms with Gasteiger partial charge in [-0.1, -0.05) is 47.7 Å². The van der Waals surface area contributed by atoms with Crippen molar-refractivity contribution in [3.63, 3.8) is 0 Å². The molecular formula is C22H26N4O2S. The van der Waals surface area contributed by atoms with Gasteiger partial charge in [0.15, 0.2) is 11.0 Å². The molecule has 0 fully saturated rings. The summed E-state index contributed by atoms with van der Waals surface area (Å²) in [6, 6.07) is 14.0. The largest absolute Gasteiger partial charge is 0.496 e. The molecular weight excluding hydrogens is 384 g/mol. The highest BCUT2D eigenvalue weighted by atomic mass is 32.2. The van der Waals surface area contributed by atoms with Crippen molar-refractivity contribution in [2.75, 3.05) is 19.9 Å². The first-order valence-corrected chi connectivity index (χ1v) is 10.3. The Hall–Kier alpha value is -2.80. The number of thioether (sulfide) groups is 1. The van der Waals surface area contributed by atoms with Crippen LogP contribution in [-0.4, -0.2) is 45.5 Å². The standard InChI is InChI=1S/C22H26N4O2S/c1-15-10-11-17(16(2)12-15)13-25(3)20(27)14-29-22-24-23-21(26(22)4)18-8-6-7-9-19(18)28-5/h6-12H,13-14H2,1-5H3. The highest BCUT2D eigenvalue weighted by Crippen LogP contribution is 2.30. The maximum absolute atomic E-state index is 12.6. The summed E-state index contributed by atoms with van der Waals surface area (Å²) in [5.74, 6) is 1.81. The van der Waals surface area contributed by atoms with E-state index < -0.39 is 0 Å². The Morgan fingerprint density at radius 2 is 1.93 bits per heavy atom. The first-order chi connectivity index (χ1) is 13.9. The molecule has 0 unspecified atom stereocenters. The zero-order valence-electron chi connectivity index (χ0n) is 17.5. The van der Waals surface area contributed by atoms with Crippen LogP contribution in [0.15, 0.2) is 47.6 Å². The Bertz CT molecular complexity index is 1020. The number of amides is 1. The third kappa shape index (κ3) is 4.79. The number of methoxy groups -OCH3 is 1. The summed E-state index contributed by atoms with van der Waals surface area (Å²) in [5.41, 5.74) is 4.46. The summed E-state index contributed by atoms with van der Waals surface area (Å²) >= 11 is 1.39. The van der Waals surface area contributed by atoms with Crippen LogP contribution in [0.2, 0.25) is 0 Å². The number of rotatable bonds is 7. The lowest BCUT2D eigenvalue weighted by atomic mass is 10.1. The van der Waals surface area contributed by atoms with Crippen molar-refractivity contribution in [2.45, 2.75) is 25.5 Å². The van der Waals surface area contributed by atoms with E-state index in [4.69, 9.17) is 4.74 Å². The quantitative estimate of drug-likeness (QED) is 0.554. The van der Waals surface area contributed by atoms with Gasteiger partial charge in [-0.3, -0.25) is 4.79 Å². The lowest BCUT2D eigenvalue weighted by Gasteiger charge is -2.18. The molecule has 6 nitrogen and oxygen atoms in total. The maximum atomic E-state index is 12.6. The van der Waals surface area contributed by atoms with Gasteiger partial charge in [0, 0.05) is 20.6 Å². The number of para-hydroxylation sites is 1. The third-order valence-corrected chi connectivity index (χ3v) is 5.84. The van der Waals surface area contributed by atoms with Crippen LogP contribution >= 0.6 is 11.8 Å². The fourth-order valence-corrected chi connectivity index (χ4v) is 3.96. The number of carbonyl (C=O) groups excluding carboxylic acids is 1. The van der Waals surface area contributed by atoms with Crippen LogP contribution < -0.4 is 4.74 Å². The average Bonchev–Trinajstić information content (AvgIpc) is 3.08. The van der Waals surface area contributed by atoms with Crippen molar-refractivity contribution in [1.29, 1.82) is 0 Å². The van der Waals surface area contributed by atoms with E-state index in [0.29, 0.717) is 23.3 Å². The molecule has 3 aromatic rings. The molecule has 0 saturated carbocycles. The lowest BCUT2D eigenvalue weighted by Crippen LogP contribution is -2.28. The molecule has 0 aliphatic rings. The number of carbonyl (C=O) groups is 1. The van der Waals surface area contributed by atoms with E-state index in [1.165, 1.54) is 22.9 Å². The molecule has 0 aliphatic heterocycles. The second-order valence-electron chi connectivity index (χ2n) is 7.03. The van der Waals surface area contributed by atoms with Crippen molar-refractivity contribution < 1.29 is 9.53 Å². The van der Waals surface area contributed by atoms with Gasteiger partial charge >= 0.3 is 0 Å². The molecule has 1 heterocycles. The molecule has 0 bridgehead atoms. The summed E-state index contributed by atoms with van der Waals surface area (Å²) in [5, 5.41) is 9.24. The Morgan fingerprint density at radius 3 is 2.66 bits per heavy atom. The normalized spacial score (nSPS) is 10.8. The second-order valence-corrected chi connectivity index (χ2v) is 7.98. The fourth-order valence-electron chi connectivity index (χ4n) is 3.11. The molecule has 152 valence electrons. The molecule has 0 spiro atoms. The lowest BCUT2D eigenvalue weighted by molar-refractivity contribution is -0.127. The zero-order valence-corrected chi connectivity index (χ0v) is 18.3. The monoisotopic (exact) mass is 410 g/mol. The number of hydrogen-bond donors (Lipinski definition) is 0. The van der Waals surface area contributed by atoms with Crippen molar-refractivity contribution >= 4 is 17.7 Å². The van der Waals surface area contributed by atoms with Crippen LogP contribution in [0.3, 0.4) is 0 Å². The van der Waals surface area contributed by atoms with Gasteiger partial charge in [-0.25, -0.2) is 0 Å². The predicted octanol–water partition coefficient (Wildman–Crippen LogP) is 3.86. The van der Waals surface area contributed by atoms with Gasteiger partial charge in [0.25, 0.3) is 0 Å². The molecule has 0 N–H and O–H groups in total. The summed E-state index contributed by atoms with van der Waals surface area (Å²) in [6.45, 7) is 4.74. The molecule has 1 amide bonds. The number of aryl methyl sites for hydroxylation is 2. The Balaban J connectivity index is 1.65. The van der Waals surface area contributed by atoms with Crippen molar-refractivity contribution in [3.8, 4) is 17.1 Å². The Morgan fingerprint density at radius 1 is 1.17 bits per heavy atom. The van der Waals surface area contributed by atoms with Gasteiger partial charge in [-0.05, 0) is 37.1 Å². The van der Waals surface area contributed by atoms with E-state index in [2.05, 4.69) is 42.2 Å².